The summed E-state index contributed by atoms with van der Waals surface area (Å²) in [5.41, 5.74) is 13.5. The van der Waals surface area contributed by atoms with Crippen molar-refractivity contribution in [1.82, 2.24) is 0 Å². The van der Waals surface area contributed by atoms with Gasteiger partial charge in [-0.2, -0.15) is 0 Å². The first-order valence-electron chi connectivity index (χ1n) is 16.8. The summed E-state index contributed by atoms with van der Waals surface area (Å²) in [5.74, 6) is 0. The molecule has 0 saturated carbocycles. The van der Waals surface area contributed by atoms with E-state index in [0.29, 0.717) is 0 Å². The minimum atomic E-state index is -0.211. The third-order valence-corrected chi connectivity index (χ3v) is 10.2. The van der Waals surface area contributed by atoms with Gasteiger partial charge in [0.15, 0.2) is 0 Å². The fourth-order valence-electron chi connectivity index (χ4n) is 7.93. The lowest BCUT2D eigenvalue weighted by Gasteiger charge is -2.33. The second-order valence-electron chi connectivity index (χ2n) is 13.4. The molecule has 8 aromatic carbocycles. The molecule has 228 valence electrons. The molecule has 9 rings (SSSR count). The van der Waals surface area contributed by atoms with Crippen LogP contribution in [-0.4, -0.2) is 0 Å². The summed E-state index contributed by atoms with van der Waals surface area (Å²) in [6.07, 6.45) is 0. The zero-order valence-corrected chi connectivity index (χ0v) is 27.2. The Labute approximate surface area is 282 Å². The van der Waals surface area contributed by atoms with Gasteiger partial charge in [-0.05, 0) is 96.9 Å². The normalized spacial score (nSPS) is 13.0. The number of fused-ring (bicyclic) bond motifs is 5. The van der Waals surface area contributed by atoms with Gasteiger partial charge >= 0.3 is 0 Å². The van der Waals surface area contributed by atoms with Gasteiger partial charge in [0.1, 0.15) is 0 Å². The highest BCUT2D eigenvalue weighted by atomic mass is 15.1. The molecule has 0 atom stereocenters. The highest BCUT2D eigenvalue weighted by Crippen LogP contribution is 2.56. The van der Waals surface area contributed by atoms with Crippen molar-refractivity contribution in [2.45, 2.75) is 19.3 Å². The van der Waals surface area contributed by atoms with Crippen LogP contribution in [0, 0.1) is 0 Å². The number of anilines is 3. The maximum Gasteiger partial charge on any atom is 0.0540 e. The van der Waals surface area contributed by atoms with Gasteiger partial charge < -0.3 is 4.90 Å². The first-order valence-corrected chi connectivity index (χ1v) is 16.8. The molecule has 1 heteroatoms. The minimum absolute atomic E-state index is 0.211. The van der Waals surface area contributed by atoms with Crippen LogP contribution >= 0.6 is 0 Å². The number of hydrogen-bond donors (Lipinski definition) is 0. The van der Waals surface area contributed by atoms with Crippen molar-refractivity contribution in [3.05, 3.63) is 187 Å². The number of rotatable bonds is 5. The van der Waals surface area contributed by atoms with Crippen molar-refractivity contribution in [2.75, 3.05) is 4.90 Å². The Morgan fingerprint density at radius 1 is 0.375 bits per heavy atom. The molecule has 0 spiro atoms. The SMILES string of the molecule is CC1(C)c2cc3ccccc3cc2-c2cccc(N(c3ccc4ccccc4c3)c3ccccc3-c3ccccc3-c3ccccc3)c21. The average molecular weight is 614 g/mol. The molecular formula is C47H35N. The van der Waals surface area contributed by atoms with E-state index in [2.05, 4.69) is 195 Å². The van der Waals surface area contributed by atoms with E-state index in [4.69, 9.17) is 0 Å². The van der Waals surface area contributed by atoms with Gasteiger partial charge in [0.25, 0.3) is 0 Å². The van der Waals surface area contributed by atoms with E-state index in [9.17, 15) is 0 Å². The van der Waals surface area contributed by atoms with Gasteiger partial charge in [-0.25, -0.2) is 0 Å². The van der Waals surface area contributed by atoms with Crippen LogP contribution in [0.2, 0.25) is 0 Å². The van der Waals surface area contributed by atoms with Crippen LogP contribution in [0.25, 0.3) is 54.9 Å². The summed E-state index contributed by atoms with van der Waals surface area (Å²) in [4.78, 5) is 2.51. The lowest BCUT2D eigenvalue weighted by atomic mass is 9.80. The van der Waals surface area contributed by atoms with Crippen LogP contribution in [0.4, 0.5) is 17.1 Å². The summed E-state index contributed by atoms with van der Waals surface area (Å²) in [7, 11) is 0. The highest BCUT2D eigenvalue weighted by Gasteiger charge is 2.39. The maximum absolute atomic E-state index is 2.51. The quantitative estimate of drug-likeness (QED) is 0.187. The largest absolute Gasteiger partial charge is 0.310 e. The summed E-state index contributed by atoms with van der Waals surface area (Å²) in [6.45, 7) is 4.79. The van der Waals surface area contributed by atoms with Gasteiger partial charge in [-0.1, -0.05) is 153 Å². The van der Waals surface area contributed by atoms with E-state index in [0.717, 1.165) is 11.4 Å². The van der Waals surface area contributed by atoms with Crippen molar-refractivity contribution in [1.29, 1.82) is 0 Å². The van der Waals surface area contributed by atoms with Crippen LogP contribution in [0.5, 0.6) is 0 Å². The Kier molecular flexibility index (Phi) is 6.55. The molecule has 0 fully saturated rings. The Balaban J connectivity index is 1.33. The second kappa shape index (κ2) is 11.1. The maximum atomic E-state index is 2.51. The van der Waals surface area contributed by atoms with E-state index >= 15 is 0 Å². The van der Waals surface area contributed by atoms with Crippen molar-refractivity contribution in [3.63, 3.8) is 0 Å². The molecule has 1 aliphatic carbocycles. The lowest BCUT2D eigenvalue weighted by molar-refractivity contribution is 0.661. The molecule has 1 nitrogen and oxygen atoms in total. The molecule has 0 bridgehead atoms. The molecule has 0 amide bonds. The number of nitrogens with zero attached hydrogens (tertiary/aromatic N) is 1. The molecular weight excluding hydrogens is 579 g/mol. The van der Waals surface area contributed by atoms with Crippen molar-refractivity contribution in [3.8, 4) is 33.4 Å². The summed E-state index contributed by atoms with van der Waals surface area (Å²) < 4.78 is 0. The van der Waals surface area contributed by atoms with Gasteiger partial charge in [0.2, 0.25) is 0 Å². The van der Waals surface area contributed by atoms with E-state index < -0.39 is 0 Å². The van der Waals surface area contributed by atoms with Crippen LogP contribution in [0.3, 0.4) is 0 Å². The first kappa shape index (κ1) is 28.3. The monoisotopic (exact) mass is 613 g/mol. The Morgan fingerprint density at radius 3 is 1.71 bits per heavy atom. The molecule has 8 aromatic rings. The molecule has 0 aromatic heterocycles. The Bertz CT molecular complexity index is 2490. The van der Waals surface area contributed by atoms with Crippen molar-refractivity contribution < 1.29 is 0 Å². The van der Waals surface area contributed by atoms with Crippen LogP contribution < -0.4 is 4.90 Å². The van der Waals surface area contributed by atoms with E-state index in [1.807, 2.05) is 0 Å². The fourth-order valence-corrected chi connectivity index (χ4v) is 7.93. The smallest absolute Gasteiger partial charge is 0.0540 e. The minimum Gasteiger partial charge on any atom is -0.310 e. The Morgan fingerprint density at radius 2 is 0.938 bits per heavy atom. The summed E-state index contributed by atoms with van der Waals surface area (Å²) in [5, 5.41) is 5.03. The number of hydrogen-bond acceptors (Lipinski definition) is 1. The topological polar surface area (TPSA) is 3.24 Å². The summed E-state index contributed by atoms with van der Waals surface area (Å²) in [6, 6.07) is 64.4. The molecule has 0 aliphatic heterocycles. The van der Waals surface area contributed by atoms with Crippen LogP contribution in [0.15, 0.2) is 176 Å². The van der Waals surface area contributed by atoms with Crippen LogP contribution in [0.1, 0.15) is 25.0 Å². The van der Waals surface area contributed by atoms with Gasteiger partial charge in [-0.15, -0.1) is 0 Å². The predicted octanol–water partition coefficient (Wildman–Crippen LogP) is 13.1. The fraction of sp³-hybridized carbons (Fsp3) is 0.0638. The van der Waals surface area contributed by atoms with E-state index in [1.54, 1.807) is 0 Å². The first-order chi connectivity index (χ1) is 23.6. The third kappa shape index (κ3) is 4.47. The van der Waals surface area contributed by atoms with Crippen molar-refractivity contribution in [2.24, 2.45) is 0 Å². The standard InChI is InChI=1S/C47H35N/c1-47(2)43-31-36-20-9-8-19-35(36)30-42(43)41-24-14-26-45(46(41)47)48(37-28-27-32-15-6-7-18-34(32)29-37)44-25-13-12-23-40(44)39-22-11-10-21-38(39)33-16-4-3-5-17-33/h3-31H,1-2H3. The number of para-hydroxylation sites is 1. The predicted molar refractivity (Wildman–Crippen MR) is 205 cm³/mol. The lowest BCUT2D eigenvalue weighted by Crippen LogP contribution is -2.21. The number of benzene rings is 8. The van der Waals surface area contributed by atoms with Crippen LogP contribution in [-0.2, 0) is 5.41 Å². The molecule has 0 N–H and O–H groups in total. The zero-order valence-electron chi connectivity index (χ0n) is 27.2. The van der Waals surface area contributed by atoms with E-state index in [1.165, 1.54) is 71.7 Å². The highest BCUT2D eigenvalue weighted by molar-refractivity contribution is 6.00. The molecule has 0 radical (unpaired) electrons. The molecule has 48 heavy (non-hydrogen) atoms. The van der Waals surface area contributed by atoms with Gasteiger partial charge in [0, 0.05) is 16.7 Å². The molecule has 1 aliphatic rings. The Hall–Kier alpha value is -5.92. The van der Waals surface area contributed by atoms with E-state index in [-0.39, 0.29) is 5.41 Å². The second-order valence-corrected chi connectivity index (χ2v) is 13.4. The molecule has 0 heterocycles. The summed E-state index contributed by atoms with van der Waals surface area (Å²) >= 11 is 0. The van der Waals surface area contributed by atoms with Gasteiger partial charge in [0.05, 0.1) is 11.4 Å². The van der Waals surface area contributed by atoms with Gasteiger partial charge in [-0.3, -0.25) is 0 Å². The zero-order chi connectivity index (χ0) is 32.2. The average Bonchev–Trinajstić information content (AvgIpc) is 3.37. The molecule has 0 unspecified atom stereocenters. The van der Waals surface area contributed by atoms with Crippen molar-refractivity contribution >= 4 is 38.6 Å². The third-order valence-electron chi connectivity index (χ3n) is 10.2. The molecule has 0 saturated heterocycles.